The van der Waals surface area contributed by atoms with Gasteiger partial charge < -0.3 is 14.8 Å². The van der Waals surface area contributed by atoms with E-state index >= 15 is 0 Å². The lowest BCUT2D eigenvalue weighted by Gasteiger charge is -2.33. The zero-order chi connectivity index (χ0) is 21.4. The number of aryl methyl sites for hydroxylation is 1. The number of nitrogens with one attached hydrogen (secondary N) is 1. The molecule has 1 N–H and O–H groups in total. The van der Waals surface area contributed by atoms with Crippen LogP contribution in [0.5, 0.6) is 0 Å². The average Bonchev–Trinajstić information content (AvgIpc) is 3.53. The number of thiophene rings is 1. The molecule has 0 aromatic carbocycles. The third kappa shape index (κ3) is 4.04. The number of nitrogens with zero attached hydrogens (tertiary/aromatic N) is 4. The predicted molar refractivity (Wildman–Crippen MR) is 123 cm³/mol. The summed E-state index contributed by atoms with van der Waals surface area (Å²) >= 11 is 3.69. The summed E-state index contributed by atoms with van der Waals surface area (Å²) < 4.78 is 3.69. The maximum atomic E-state index is 13.6. The second-order valence-electron chi connectivity index (χ2n) is 8.02. The molecule has 0 bridgehead atoms. The highest BCUT2D eigenvalue weighted by Gasteiger charge is 2.31. The minimum Gasteiger partial charge on any atom is -0.349 e. The van der Waals surface area contributed by atoms with Gasteiger partial charge >= 0.3 is 0 Å². The second-order valence-corrected chi connectivity index (χ2v) is 10.2. The van der Waals surface area contributed by atoms with Gasteiger partial charge in [0.2, 0.25) is 0 Å². The molecule has 2 aliphatic rings. The summed E-state index contributed by atoms with van der Waals surface area (Å²) in [6.07, 6.45) is 9.81. The van der Waals surface area contributed by atoms with Gasteiger partial charge in [0.25, 0.3) is 11.8 Å². The molecule has 1 saturated heterocycles. The quantitative estimate of drug-likeness (QED) is 0.656. The van der Waals surface area contributed by atoms with Gasteiger partial charge in [-0.2, -0.15) is 16.9 Å². The first-order chi connectivity index (χ1) is 15.1. The van der Waals surface area contributed by atoms with Gasteiger partial charge in [-0.25, -0.2) is 0 Å². The first kappa shape index (κ1) is 20.4. The summed E-state index contributed by atoms with van der Waals surface area (Å²) in [6.45, 7) is 1.31. The van der Waals surface area contributed by atoms with Crippen molar-refractivity contribution < 1.29 is 9.59 Å². The van der Waals surface area contributed by atoms with Crippen LogP contribution >= 0.6 is 23.1 Å². The van der Waals surface area contributed by atoms with Gasteiger partial charge in [-0.15, -0.1) is 11.3 Å². The van der Waals surface area contributed by atoms with Gasteiger partial charge in [0.1, 0.15) is 5.00 Å². The lowest BCUT2D eigenvalue weighted by atomic mass is 10.0. The smallest absolute Gasteiger partial charge is 0.257 e. The van der Waals surface area contributed by atoms with Crippen LogP contribution in [0.4, 0.5) is 0 Å². The van der Waals surface area contributed by atoms with E-state index in [0.717, 1.165) is 41.3 Å². The molecule has 3 aromatic rings. The minimum atomic E-state index is -0.0998. The van der Waals surface area contributed by atoms with Crippen LogP contribution < -0.4 is 5.32 Å². The van der Waals surface area contributed by atoms with Crippen molar-refractivity contribution in [3.05, 3.63) is 58.5 Å². The highest BCUT2D eigenvalue weighted by atomic mass is 32.2. The van der Waals surface area contributed by atoms with Crippen LogP contribution in [0, 0.1) is 0 Å². The van der Waals surface area contributed by atoms with Crippen molar-refractivity contribution in [3.63, 3.8) is 0 Å². The molecule has 1 fully saturated rings. The topological polar surface area (TPSA) is 72.2 Å². The Kier molecular flexibility index (Phi) is 5.62. The molecule has 5 heterocycles. The predicted octanol–water partition coefficient (Wildman–Crippen LogP) is 3.10. The Morgan fingerprint density at radius 1 is 1.19 bits per heavy atom. The van der Waals surface area contributed by atoms with E-state index in [-0.39, 0.29) is 17.9 Å². The van der Waals surface area contributed by atoms with Crippen LogP contribution in [0.2, 0.25) is 0 Å². The monoisotopic (exact) mass is 455 g/mol. The van der Waals surface area contributed by atoms with Crippen LogP contribution in [0.3, 0.4) is 0 Å². The number of piperidine rings is 1. The molecular weight excluding hydrogens is 430 g/mol. The lowest BCUT2D eigenvalue weighted by molar-refractivity contribution is 0.0697. The molecular formula is C22H25N5O2S2. The van der Waals surface area contributed by atoms with Crippen molar-refractivity contribution in [2.75, 3.05) is 18.8 Å². The Labute approximate surface area is 189 Å². The first-order valence-electron chi connectivity index (χ1n) is 10.5. The van der Waals surface area contributed by atoms with E-state index in [2.05, 4.69) is 15.0 Å². The molecule has 7 nitrogen and oxygen atoms in total. The van der Waals surface area contributed by atoms with Crippen molar-refractivity contribution in [3.8, 4) is 5.00 Å². The van der Waals surface area contributed by atoms with E-state index in [9.17, 15) is 9.59 Å². The van der Waals surface area contributed by atoms with Crippen LogP contribution in [0.15, 0.2) is 36.9 Å². The molecule has 9 heteroatoms. The van der Waals surface area contributed by atoms with Crippen molar-refractivity contribution in [1.82, 2.24) is 24.6 Å². The molecule has 0 unspecified atom stereocenters. The van der Waals surface area contributed by atoms with Crippen LogP contribution in [0.25, 0.3) is 5.00 Å². The Bertz CT molecular complexity index is 1090. The van der Waals surface area contributed by atoms with E-state index in [1.165, 1.54) is 10.4 Å². The van der Waals surface area contributed by atoms with E-state index < -0.39 is 0 Å². The number of likely N-dealkylation sites (tertiary alicyclic amines) is 1. The van der Waals surface area contributed by atoms with Gasteiger partial charge in [0.15, 0.2) is 0 Å². The number of hydrogen-bond donors (Lipinski definition) is 1. The molecule has 0 saturated carbocycles. The van der Waals surface area contributed by atoms with Crippen molar-refractivity contribution in [1.29, 1.82) is 0 Å². The number of rotatable bonds is 4. The molecule has 2 aliphatic heterocycles. The zero-order valence-corrected chi connectivity index (χ0v) is 19.0. The SMILES string of the molecule is Cn1cc(C(=O)NC2CCN(C(=O)c3c(-n4cccc4)sc4c3CCSC4)CC2)cn1. The molecule has 3 aromatic heterocycles. The summed E-state index contributed by atoms with van der Waals surface area (Å²) in [5.41, 5.74) is 2.69. The van der Waals surface area contributed by atoms with Gasteiger partial charge in [-0.1, -0.05) is 0 Å². The number of hydrogen-bond acceptors (Lipinski definition) is 5. The Hall–Kier alpha value is -2.52. The summed E-state index contributed by atoms with van der Waals surface area (Å²) in [5.74, 6) is 2.09. The third-order valence-electron chi connectivity index (χ3n) is 5.94. The second kappa shape index (κ2) is 8.55. The molecule has 31 heavy (non-hydrogen) atoms. The standard InChI is InChI=1S/C22H25N5O2S2/c1-25-13-15(12-23-25)20(28)24-16-4-9-26(10-5-16)21(29)19-17-6-11-30-14-18(17)31-22(19)27-7-2-3-8-27/h2-3,7-8,12-13,16H,4-6,9-11,14H2,1H3,(H,24,28). The molecule has 162 valence electrons. The van der Waals surface area contributed by atoms with E-state index in [1.807, 2.05) is 41.2 Å². The summed E-state index contributed by atoms with van der Waals surface area (Å²) in [5, 5.41) is 8.19. The summed E-state index contributed by atoms with van der Waals surface area (Å²) in [4.78, 5) is 29.3. The van der Waals surface area contributed by atoms with E-state index in [4.69, 9.17) is 0 Å². The maximum Gasteiger partial charge on any atom is 0.257 e. The van der Waals surface area contributed by atoms with E-state index in [0.29, 0.717) is 18.7 Å². The molecule has 0 aliphatic carbocycles. The number of aromatic nitrogens is 3. The fourth-order valence-corrected chi connectivity index (χ4v) is 6.72. The third-order valence-corrected chi connectivity index (χ3v) is 8.35. The summed E-state index contributed by atoms with van der Waals surface area (Å²) in [7, 11) is 1.80. The Morgan fingerprint density at radius 3 is 2.68 bits per heavy atom. The van der Waals surface area contributed by atoms with Gasteiger partial charge in [-0.3, -0.25) is 14.3 Å². The summed E-state index contributed by atoms with van der Waals surface area (Å²) in [6, 6.07) is 4.07. The van der Waals surface area contributed by atoms with E-state index in [1.54, 1.807) is 35.5 Å². The number of carbonyl (C=O) groups is 2. The first-order valence-corrected chi connectivity index (χ1v) is 12.5. The van der Waals surface area contributed by atoms with Gasteiger partial charge in [0.05, 0.1) is 17.3 Å². The largest absolute Gasteiger partial charge is 0.349 e. The maximum absolute atomic E-state index is 13.6. The lowest BCUT2D eigenvalue weighted by Crippen LogP contribution is -2.46. The molecule has 2 amide bonds. The van der Waals surface area contributed by atoms with Crippen LogP contribution in [-0.2, 0) is 19.2 Å². The molecule has 0 atom stereocenters. The zero-order valence-electron chi connectivity index (χ0n) is 17.4. The van der Waals surface area contributed by atoms with Gasteiger partial charge in [-0.05, 0) is 42.7 Å². The van der Waals surface area contributed by atoms with Crippen LogP contribution in [0.1, 0.15) is 44.0 Å². The number of amides is 2. The minimum absolute atomic E-state index is 0.0773. The van der Waals surface area contributed by atoms with Gasteiger partial charge in [0, 0.05) is 55.4 Å². The van der Waals surface area contributed by atoms with Crippen molar-refractivity contribution in [2.24, 2.45) is 7.05 Å². The van der Waals surface area contributed by atoms with Crippen LogP contribution in [-0.4, -0.2) is 55.9 Å². The number of fused-ring (bicyclic) bond motifs is 1. The van der Waals surface area contributed by atoms with Crippen molar-refractivity contribution in [2.45, 2.75) is 31.1 Å². The number of carbonyl (C=O) groups excluding carboxylic acids is 2. The highest BCUT2D eigenvalue weighted by molar-refractivity contribution is 7.98. The average molecular weight is 456 g/mol. The molecule has 0 spiro atoms. The Balaban J connectivity index is 1.30. The molecule has 5 rings (SSSR count). The molecule has 0 radical (unpaired) electrons. The highest BCUT2D eigenvalue weighted by Crippen LogP contribution is 2.39. The fourth-order valence-electron chi connectivity index (χ4n) is 4.28. The normalized spacial score (nSPS) is 16.9. The number of thioether (sulfide) groups is 1. The fraction of sp³-hybridized carbons (Fsp3) is 0.409. The Morgan fingerprint density at radius 2 is 1.97 bits per heavy atom. The van der Waals surface area contributed by atoms with Crippen molar-refractivity contribution >= 4 is 34.9 Å².